The second-order valence-electron chi connectivity index (χ2n) is 6.84. The summed E-state index contributed by atoms with van der Waals surface area (Å²) in [6.45, 7) is 4.34. The lowest BCUT2D eigenvalue weighted by molar-refractivity contribution is -0.121. The number of hydrogen-bond donors (Lipinski definition) is 1. The van der Waals surface area contributed by atoms with E-state index in [4.69, 9.17) is 0 Å². The van der Waals surface area contributed by atoms with Crippen molar-refractivity contribution in [3.63, 3.8) is 0 Å². The normalized spacial score (nSPS) is 10.6. The first-order valence-corrected chi connectivity index (χ1v) is 9.11. The van der Waals surface area contributed by atoms with Gasteiger partial charge in [-0.25, -0.2) is 4.79 Å². The van der Waals surface area contributed by atoms with Crippen LogP contribution in [-0.4, -0.2) is 15.0 Å². The molecular formula is C22H23N3O3. The van der Waals surface area contributed by atoms with Gasteiger partial charge < -0.3 is 5.32 Å². The zero-order chi connectivity index (χ0) is 20.1. The second-order valence-corrected chi connectivity index (χ2v) is 6.84. The lowest BCUT2D eigenvalue weighted by atomic mass is 10.1. The molecule has 1 amide bonds. The van der Waals surface area contributed by atoms with Gasteiger partial charge in [-0.2, -0.15) is 0 Å². The molecule has 0 aliphatic carbocycles. The number of benzene rings is 2. The molecule has 28 heavy (non-hydrogen) atoms. The minimum atomic E-state index is -0.499. The van der Waals surface area contributed by atoms with Crippen molar-refractivity contribution in [2.75, 3.05) is 0 Å². The molecule has 1 aromatic heterocycles. The van der Waals surface area contributed by atoms with Gasteiger partial charge in [0.15, 0.2) is 0 Å². The van der Waals surface area contributed by atoms with Gasteiger partial charge in [0.05, 0.1) is 6.54 Å². The number of nitrogens with one attached hydrogen (secondary N) is 1. The minimum Gasteiger partial charge on any atom is -0.350 e. The molecule has 144 valence electrons. The van der Waals surface area contributed by atoms with Crippen LogP contribution in [0.1, 0.15) is 22.3 Å². The Labute approximate surface area is 163 Å². The van der Waals surface area contributed by atoms with E-state index in [2.05, 4.69) is 5.32 Å². The van der Waals surface area contributed by atoms with Crippen LogP contribution in [0, 0.1) is 13.8 Å². The first kappa shape index (κ1) is 19.4. The molecule has 0 radical (unpaired) electrons. The van der Waals surface area contributed by atoms with E-state index in [0.717, 1.165) is 26.8 Å². The average molecular weight is 377 g/mol. The smallest absolute Gasteiger partial charge is 0.331 e. The average Bonchev–Trinajstić information content (AvgIpc) is 2.68. The van der Waals surface area contributed by atoms with Gasteiger partial charge in [-0.15, -0.1) is 0 Å². The fraction of sp³-hybridized carbons (Fsp3) is 0.227. The van der Waals surface area contributed by atoms with Crippen molar-refractivity contribution >= 4 is 5.91 Å². The molecule has 0 aliphatic rings. The van der Waals surface area contributed by atoms with Crippen molar-refractivity contribution < 1.29 is 4.79 Å². The maximum absolute atomic E-state index is 12.7. The van der Waals surface area contributed by atoms with Crippen LogP contribution >= 0.6 is 0 Å². The number of nitrogens with zero attached hydrogens (tertiary/aromatic N) is 2. The lowest BCUT2D eigenvalue weighted by Crippen LogP contribution is -2.43. The molecular weight excluding hydrogens is 354 g/mol. The summed E-state index contributed by atoms with van der Waals surface area (Å²) in [6, 6.07) is 16.8. The summed E-state index contributed by atoms with van der Waals surface area (Å²) in [5.41, 5.74) is 3.15. The van der Waals surface area contributed by atoms with E-state index in [1.165, 1.54) is 16.8 Å². The van der Waals surface area contributed by atoms with E-state index < -0.39 is 11.2 Å². The summed E-state index contributed by atoms with van der Waals surface area (Å²) >= 11 is 0. The molecule has 1 heterocycles. The number of amides is 1. The highest BCUT2D eigenvalue weighted by atomic mass is 16.2. The van der Waals surface area contributed by atoms with Gasteiger partial charge in [0.1, 0.15) is 6.54 Å². The third-order valence-corrected chi connectivity index (χ3v) is 4.65. The molecule has 6 nitrogen and oxygen atoms in total. The fourth-order valence-corrected chi connectivity index (χ4v) is 2.90. The predicted molar refractivity (Wildman–Crippen MR) is 108 cm³/mol. The molecule has 0 spiro atoms. The van der Waals surface area contributed by atoms with E-state index in [9.17, 15) is 14.4 Å². The SMILES string of the molecule is Cc1ccc(CNC(=O)Cn2c(=O)ccn(Cc3ccccc3C)c2=O)cc1. The van der Waals surface area contributed by atoms with Crippen LogP contribution in [0.5, 0.6) is 0 Å². The Hall–Kier alpha value is -3.41. The lowest BCUT2D eigenvalue weighted by Gasteiger charge is -2.12. The first-order chi connectivity index (χ1) is 13.4. The number of rotatable bonds is 6. The number of carbonyl (C=O) groups excluding carboxylic acids is 1. The van der Waals surface area contributed by atoms with Crippen LogP contribution in [0.4, 0.5) is 0 Å². The van der Waals surface area contributed by atoms with Crippen LogP contribution in [-0.2, 0) is 24.4 Å². The zero-order valence-corrected chi connectivity index (χ0v) is 16.0. The molecule has 3 rings (SSSR count). The summed E-state index contributed by atoms with van der Waals surface area (Å²) in [7, 11) is 0. The minimum absolute atomic E-state index is 0.307. The molecule has 0 unspecified atom stereocenters. The predicted octanol–water partition coefficient (Wildman–Crippen LogP) is 1.99. The van der Waals surface area contributed by atoms with Crippen molar-refractivity contribution in [1.82, 2.24) is 14.5 Å². The fourth-order valence-electron chi connectivity index (χ4n) is 2.90. The van der Waals surface area contributed by atoms with Crippen LogP contribution in [0.15, 0.2) is 70.4 Å². The van der Waals surface area contributed by atoms with E-state index in [-0.39, 0.29) is 12.5 Å². The molecule has 3 aromatic rings. The highest BCUT2D eigenvalue weighted by Crippen LogP contribution is 2.07. The maximum atomic E-state index is 12.7. The molecule has 6 heteroatoms. The Balaban J connectivity index is 1.73. The number of aromatic nitrogens is 2. The van der Waals surface area contributed by atoms with Gasteiger partial charge in [-0.1, -0.05) is 54.1 Å². The Morgan fingerprint density at radius 2 is 1.68 bits per heavy atom. The van der Waals surface area contributed by atoms with E-state index in [1.54, 1.807) is 0 Å². The standard InChI is InChI=1S/C22H23N3O3/c1-16-7-9-18(10-8-16)13-23-20(26)15-25-21(27)11-12-24(22(25)28)14-19-6-4-3-5-17(19)2/h3-12H,13-15H2,1-2H3,(H,23,26). The van der Waals surface area contributed by atoms with Gasteiger partial charge in [0.2, 0.25) is 5.91 Å². The van der Waals surface area contributed by atoms with Gasteiger partial charge >= 0.3 is 5.69 Å². The first-order valence-electron chi connectivity index (χ1n) is 9.11. The van der Waals surface area contributed by atoms with Gasteiger partial charge in [-0.3, -0.25) is 18.7 Å². The van der Waals surface area contributed by atoms with Crippen molar-refractivity contribution in [1.29, 1.82) is 0 Å². The van der Waals surface area contributed by atoms with Crippen LogP contribution in [0.3, 0.4) is 0 Å². The Bertz CT molecular complexity index is 1100. The van der Waals surface area contributed by atoms with Gasteiger partial charge in [-0.05, 0) is 30.5 Å². The van der Waals surface area contributed by atoms with E-state index in [1.807, 2.05) is 62.4 Å². The summed E-state index contributed by atoms with van der Waals surface area (Å²) in [5.74, 6) is -0.381. The molecule has 0 aliphatic heterocycles. The van der Waals surface area contributed by atoms with Crippen LogP contribution < -0.4 is 16.6 Å². The van der Waals surface area contributed by atoms with Gasteiger partial charge in [0.25, 0.3) is 5.56 Å². The highest BCUT2D eigenvalue weighted by Gasteiger charge is 2.11. The third kappa shape index (κ3) is 4.65. The molecule has 0 atom stereocenters. The quantitative estimate of drug-likeness (QED) is 0.714. The largest absolute Gasteiger partial charge is 0.350 e. The Morgan fingerprint density at radius 1 is 0.964 bits per heavy atom. The van der Waals surface area contributed by atoms with E-state index in [0.29, 0.717) is 13.1 Å². The zero-order valence-electron chi connectivity index (χ0n) is 16.0. The summed E-state index contributed by atoms with van der Waals surface area (Å²) in [4.78, 5) is 37.1. The molecule has 1 N–H and O–H groups in total. The summed E-state index contributed by atoms with van der Waals surface area (Å²) in [6.07, 6.45) is 1.47. The van der Waals surface area contributed by atoms with Gasteiger partial charge in [0, 0.05) is 18.8 Å². The van der Waals surface area contributed by atoms with Crippen molar-refractivity contribution in [2.45, 2.75) is 33.5 Å². The molecule has 0 bridgehead atoms. The van der Waals surface area contributed by atoms with Crippen molar-refractivity contribution in [3.05, 3.63) is 104 Å². The molecule has 0 saturated carbocycles. The van der Waals surface area contributed by atoms with Crippen LogP contribution in [0.25, 0.3) is 0 Å². The third-order valence-electron chi connectivity index (χ3n) is 4.65. The number of aryl methyl sites for hydroxylation is 2. The van der Waals surface area contributed by atoms with Crippen molar-refractivity contribution in [3.8, 4) is 0 Å². The Morgan fingerprint density at radius 3 is 2.39 bits per heavy atom. The monoisotopic (exact) mass is 377 g/mol. The molecule has 0 fully saturated rings. The number of hydrogen-bond acceptors (Lipinski definition) is 3. The van der Waals surface area contributed by atoms with Crippen molar-refractivity contribution in [2.24, 2.45) is 0 Å². The topological polar surface area (TPSA) is 73.1 Å². The second kappa shape index (κ2) is 8.52. The Kier molecular flexibility index (Phi) is 5.89. The van der Waals surface area contributed by atoms with E-state index >= 15 is 0 Å². The molecule has 2 aromatic carbocycles. The molecule has 0 saturated heterocycles. The van der Waals surface area contributed by atoms with Crippen LogP contribution in [0.2, 0.25) is 0 Å². The summed E-state index contributed by atoms with van der Waals surface area (Å²) in [5, 5.41) is 2.75. The summed E-state index contributed by atoms with van der Waals surface area (Å²) < 4.78 is 2.40. The highest BCUT2D eigenvalue weighted by molar-refractivity contribution is 5.75. The maximum Gasteiger partial charge on any atom is 0.331 e. The number of carbonyl (C=O) groups is 1.